The third-order valence-corrected chi connectivity index (χ3v) is 17.8. The SMILES string of the molecule is CC(C)(C)c1ccc(N(c2ccc(C(C)(C)C)cc2)c2cccc(N(c3ccc(C(C)(C)C)cc3-c3ccccc3)c3cc(-c4ccccc4)cc(N(c4ccc5oc6ccccc6c5c4)c4csc5ccc(C(C)(C)C)cc45)c3Cl)c2)cc1. The third kappa shape index (κ3) is 10.9. The zero-order valence-electron chi connectivity index (χ0n) is 50.5. The molecule has 0 saturated carbocycles. The number of anilines is 9. The number of hydrogen-bond acceptors (Lipinski definition) is 5. The average molecular weight is 1140 g/mol. The van der Waals surface area contributed by atoms with Crippen molar-refractivity contribution in [3.8, 4) is 22.3 Å². The van der Waals surface area contributed by atoms with Crippen LogP contribution in [0.5, 0.6) is 0 Å². The van der Waals surface area contributed by atoms with Crippen molar-refractivity contribution in [3.63, 3.8) is 0 Å². The van der Waals surface area contributed by atoms with E-state index < -0.39 is 0 Å². The number of rotatable bonds is 11. The van der Waals surface area contributed by atoms with Gasteiger partial charge >= 0.3 is 0 Å². The summed E-state index contributed by atoms with van der Waals surface area (Å²) in [6.45, 7) is 27.4. The van der Waals surface area contributed by atoms with Crippen molar-refractivity contribution in [1.29, 1.82) is 0 Å². The van der Waals surface area contributed by atoms with Gasteiger partial charge in [0.05, 0.1) is 27.8 Å². The molecule has 12 rings (SSSR count). The van der Waals surface area contributed by atoms with Crippen LogP contribution in [0.3, 0.4) is 0 Å². The topological polar surface area (TPSA) is 22.9 Å². The largest absolute Gasteiger partial charge is 0.456 e. The molecule has 0 radical (unpaired) electrons. The Kier molecular flexibility index (Phi) is 14.5. The summed E-state index contributed by atoms with van der Waals surface area (Å²) in [6.07, 6.45) is 0. The molecule has 0 bridgehead atoms. The second kappa shape index (κ2) is 21.7. The van der Waals surface area contributed by atoms with Crippen LogP contribution in [-0.2, 0) is 21.7 Å². The van der Waals surface area contributed by atoms with Crippen molar-refractivity contribution in [1.82, 2.24) is 0 Å². The highest BCUT2D eigenvalue weighted by molar-refractivity contribution is 7.17. The lowest BCUT2D eigenvalue weighted by atomic mass is 9.84. The first-order valence-electron chi connectivity index (χ1n) is 29.3. The molecule has 0 saturated heterocycles. The Bertz CT molecular complexity index is 4300. The fraction of sp³-hybridized carbons (Fsp3) is 0.205. The van der Waals surface area contributed by atoms with Gasteiger partial charge in [-0.05, 0) is 164 Å². The molecule has 0 aliphatic carbocycles. The Morgan fingerprint density at radius 3 is 1.39 bits per heavy atom. The van der Waals surface area contributed by atoms with E-state index in [1.807, 2.05) is 12.1 Å². The highest BCUT2D eigenvalue weighted by Gasteiger charge is 2.30. The lowest BCUT2D eigenvalue weighted by molar-refractivity contribution is 0.590. The lowest BCUT2D eigenvalue weighted by Crippen LogP contribution is -2.17. The molecule has 0 aliphatic rings. The summed E-state index contributed by atoms with van der Waals surface area (Å²) in [6, 6.07) is 82.2. The minimum Gasteiger partial charge on any atom is -0.456 e. The van der Waals surface area contributed by atoms with Crippen molar-refractivity contribution < 1.29 is 4.42 Å². The smallest absolute Gasteiger partial charge is 0.135 e. The minimum absolute atomic E-state index is 0.00854. The molecule has 0 aliphatic heterocycles. The molecule has 0 atom stereocenters. The summed E-state index contributed by atoms with van der Waals surface area (Å²) >= 11 is 10.3. The molecule has 0 fully saturated rings. The third-order valence-electron chi connectivity index (χ3n) is 16.4. The van der Waals surface area contributed by atoms with E-state index in [9.17, 15) is 0 Å². The molecule has 420 valence electrons. The van der Waals surface area contributed by atoms with E-state index in [-0.39, 0.29) is 21.7 Å². The van der Waals surface area contributed by atoms with E-state index in [1.165, 1.54) is 27.0 Å². The predicted octanol–water partition coefficient (Wildman–Crippen LogP) is 24.4. The van der Waals surface area contributed by atoms with Crippen molar-refractivity contribution in [3.05, 3.63) is 257 Å². The fourth-order valence-corrected chi connectivity index (χ4v) is 12.7. The molecular weight excluding hydrogens is 1060 g/mol. The molecule has 6 heteroatoms. The fourth-order valence-electron chi connectivity index (χ4n) is 11.5. The predicted molar refractivity (Wildman–Crippen MR) is 364 cm³/mol. The quantitative estimate of drug-likeness (QED) is 0.129. The van der Waals surface area contributed by atoms with E-state index >= 15 is 0 Å². The van der Waals surface area contributed by atoms with Crippen molar-refractivity contribution in [2.45, 2.75) is 105 Å². The Balaban J connectivity index is 1.17. The molecule has 0 unspecified atom stereocenters. The Labute approximate surface area is 506 Å². The van der Waals surface area contributed by atoms with Gasteiger partial charge in [-0.1, -0.05) is 216 Å². The lowest BCUT2D eigenvalue weighted by Gasteiger charge is -2.34. The highest BCUT2D eigenvalue weighted by atomic mass is 35.5. The summed E-state index contributed by atoms with van der Waals surface area (Å²) in [4.78, 5) is 7.19. The number of thiophene rings is 1. The van der Waals surface area contributed by atoms with Crippen molar-refractivity contribution in [2.24, 2.45) is 0 Å². The zero-order chi connectivity index (χ0) is 58.9. The van der Waals surface area contributed by atoms with E-state index in [1.54, 1.807) is 11.3 Å². The van der Waals surface area contributed by atoms with Crippen molar-refractivity contribution in [2.75, 3.05) is 14.7 Å². The van der Waals surface area contributed by atoms with Crippen LogP contribution in [0, 0.1) is 0 Å². The molecule has 12 aromatic rings. The van der Waals surface area contributed by atoms with E-state index in [0.717, 1.165) is 101 Å². The molecule has 0 spiro atoms. The molecule has 0 N–H and O–H groups in total. The van der Waals surface area contributed by atoms with Crippen LogP contribution in [0.1, 0.15) is 105 Å². The van der Waals surface area contributed by atoms with Gasteiger partial charge in [-0.3, -0.25) is 0 Å². The number of nitrogens with zero attached hydrogens (tertiary/aromatic N) is 3. The van der Waals surface area contributed by atoms with Gasteiger partial charge in [0, 0.05) is 60.2 Å². The first-order valence-corrected chi connectivity index (χ1v) is 30.6. The van der Waals surface area contributed by atoms with Gasteiger partial charge in [-0.15, -0.1) is 11.3 Å². The van der Waals surface area contributed by atoms with Gasteiger partial charge in [-0.25, -0.2) is 0 Å². The molecule has 0 amide bonds. The van der Waals surface area contributed by atoms with Crippen LogP contribution >= 0.6 is 22.9 Å². The maximum Gasteiger partial charge on any atom is 0.135 e. The van der Waals surface area contributed by atoms with E-state index in [0.29, 0.717) is 5.02 Å². The Hall–Kier alpha value is -8.35. The standard InChI is InChI=1S/C78H74ClN3OS/c1-75(2,3)54-30-36-58(37-31-54)80(59-38-32-55(33-39-59)76(4,5)6)60-26-21-27-61(48-60)81(67-41-34-56(77(7,8)9)46-64(67)52-24-17-14-18-25-52)68-44-53(51-22-15-13-16-23-51)45-69(74(68)79)82(70-50-84-73-43-35-57(47-66(70)73)78(10,11)12)62-40-42-72-65(49-62)63-28-19-20-29-71(63)83-72/h13-50H,1-12H3. The molecule has 2 heterocycles. The van der Waals surface area contributed by atoms with Gasteiger partial charge in [0.1, 0.15) is 11.2 Å². The maximum atomic E-state index is 8.56. The van der Waals surface area contributed by atoms with Crippen LogP contribution in [0.15, 0.2) is 234 Å². The molecule has 4 nitrogen and oxygen atoms in total. The first kappa shape index (κ1) is 56.1. The van der Waals surface area contributed by atoms with Crippen LogP contribution < -0.4 is 14.7 Å². The maximum absolute atomic E-state index is 8.56. The first-order chi connectivity index (χ1) is 40.1. The van der Waals surface area contributed by atoms with Gasteiger partial charge in [0.15, 0.2) is 0 Å². The zero-order valence-corrected chi connectivity index (χ0v) is 52.0. The minimum atomic E-state index is -0.130. The van der Waals surface area contributed by atoms with Gasteiger partial charge < -0.3 is 19.1 Å². The van der Waals surface area contributed by atoms with Gasteiger partial charge in [-0.2, -0.15) is 0 Å². The highest BCUT2D eigenvalue weighted by Crippen LogP contribution is 2.54. The normalized spacial score (nSPS) is 12.3. The summed E-state index contributed by atoms with van der Waals surface area (Å²) in [5.74, 6) is 0. The summed E-state index contributed by atoms with van der Waals surface area (Å²) in [5, 5.41) is 6.15. The molecule has 10 aromatic carbocycles. The molecule has 84 heavy (non-hydrogen) atoms. The van der Waals surface area contributed by atoms with Gasteiger partial charge in [0.2, 0.25) is 0 Å². The average Bonchev–Trinajstić information content (AvgIpc) is 2.10. The summed E-state index contributed by atoms with van der Waals surface area (Å²) in [5.41, 5.74) is 19.6. The van der Waals surface area contributed by atoms with Crippen LogP contribution in [0.25, 0.3) is 54.3 Å². The van der Waals surface area contributed by atoms with Gasteiger partial charge in [0.25, 0.3) is 0 Å². The summed E-state index contributed by atoms with van der Waals surface area (Å²) < 4.78 is 7.70. The summed E-state index contributed by atoms with van der Waals surface area (Å²) in [7, 11) is 0. The molecular formula is C78H74ClN3OS. The number of furan rings is 1. The van der Waals surface area contributed by atoms with Crippen LogP contribution in [0.2, 0.25) is 5.02 Å². The van der Waals surface area contributed by atoms with E-state index in [4.69, 9.17) is 16.0 Å². The second-order valence-corrected chi connectivity index (χ2v) is 27.8. The van der Waals surface area contributed by atoms with Crippen molar-refractivity contribution >= 4 is 106 Å². The van der Waals surface area contributed by atoms with E-state index in [2.05, 4.69) is 315 Å². The van der Waals surface area contributed by atoms with Crippen LogP contribution in [-0.4, -0.2) is 0 Å². The Morgan fingerprint density at radius 1 is 0.321 bits per heavy atom. The second-order valence-electron chi connectivity index (χ2n) is 26.5. The Morgan fingerprint density at radius 2 is 0.798 bits per heavy atom. The monoisotopic (exact) mass is 1140 g/mol. The molecule has 2 aromatic heterocycles. The number of para-hydroxylation sites is 1. The number of benzene rings is 10. The van der Waals surface area contributed by atoms with Crippen LogP contribution in [0.4, 0.5) is 51.2 Å². The number of hydrogen-bond donors (Lipinski definition) is 0. The number of fused-ring (bicyclic) bond motifs is 4. The number of halogens is 1.